The van der Waals surface area contributed by atoms with Crippen LogP contribution in [0.2, 0.25) is 0 Å². The van der Waals surface area contributed by atoms with E-state index in [1.165, 1.54) is 18.4 Å². The van der Waals surface area contributed by atoms with Crippen LogP contribution in [0.15, 0.2) is 30.3 Å². The summed E-state index contributed by atoms with van der Waals surface area (Å²) in [6.45, 7) is 15.2. The predicted octanol–water partition coefficient (Wildman–Crippen LogP) is 4.72. The lowest BCUT2D eigenvalue weighted by Crippen LogP contribution is -2.56. The third kappa shape index (κ3) is 3.91. The maximum absolute atomic E-state index is 2.66. The maximum Gasteiger partial charge on any atom is 0.0349 e. The highest BCUT2D eigenvalue weighted by Crippen LogP contribution is 2.36. The van der Waals surface area contributed by atoms with E-state index in [0.717, 1.165) is 6.54 Å². The molecule has 0 saturated carbocycles. The van der Waals surface area contributed by atoms with Crippen LogP contribution in [-0.2, 0) is 0 Å². The lowest BCUT2D eigenvalue weighted by Gasteiger charge is -2.47. The Morgan fingerprint density at radius 2 is 1.50 bits per heavy atom. The molecule has 0 aromatic heterocycles. The summed E-state index contributed by atoms with van der Waals surface area (Å²) >= 11 is 0. The molecule has 124 valence electrons. The number of nitrogens with zero attached hydrogens (tertiary/aromatic N) is 2. The molecule has 1 saturated heterocycles. The first kappa shape index (κ1) is 17.5. The summed E-state index contributed by atoms with van der Waals surface area (Å²) in [4.78, 5) is 5.26. The van der Waals surface area contributed by atoms with Crippen molar-refractivity contribution in [2.45, 2.75) is 77.5 Å². The number of hydrogen-bond acceptors (Lipinski definition) is 2. The van der Waals surface area contributed by atoms with E-state index in [9.17, 15) is 0 Å². The lowest BCUT2D eigenvalue weighted by molar-refractivity contribution is 0.0151. The fraction of sp³-hybridized carbons (Fsp3) is 0.700. The molecule has 1 aromatic rings. The van der Waals surface area contributed by atoms with E-state index >= 15 is 0 Å². The van der Waals surface area contributed by atoms with Gasteiger partial charge < -0.3 is 0 Å². The van der Waals surface area contributed by atoms with Crippen molar-refractivity contribution in [2.75, 3.05) is 13.6 Å². The normalized spacial score (nSPS) is 24.2. The van der Waals surface area contributed by atoms with Crippen molar-refractivity contribution in [3.05, 3.63) is 35.9 Å². The number of likely N-dealkylation sites (tertiary alicyclic amines) is 1. The van der Waals surface area contributed by atoms with Gasteiger partial charge in [-0.15, -0.1) is 0 Å². The van der Waals surface area contributed by atoms with Crippen molar-refractivity contribution < 1.29 is 0 Å². The zero-order valence-electron chi connectivity index (χ0n) is 15.6. The fourth-order valence-corrected chi connectivity index (χ4v) is 4.07. The molecule has 2 heteroatoms. The van der Waals surface area contributed by atoms with Gasteiger partial charge >= 0.3 is 0 Å². The van der Waals surface area contributed by atoms with Crippen molar-refractivity contribution in [3.8, 4) is 0 Å². The van der Waals surface area contributed by atoms with E-state index in [1.807, 2.05) is 0 Å². The molecule has 0 aliphatic carbocycles. The van der Waals surface area contributed by atoms with Gasteiger partial charge in [0.25, 0.3) is 0 Å². The Morgan fingerprint density at radius 3 is 2.00 bits per heavy atom. The monoisotopic (exact) mass is 302 g/mol. The molecule has 1 aromatic carbocycles. The molecule has 2 rings (SSSR count). The number of benzene rings is 1. The van der Waals surface area contributed by atoms with E-state index < -0.39 is 0 Å². The van der Waals surface area contributed by atoms with Gasteiger partial charge in [0.05, 0.1) is 0 Å². The minimum atomic E-state index is 0.198. The van der Waals surface area contributed by atoms with Crippen LogP contribution < -0.4 is 0 Å². The summed E-state index contributed by atoms with van der Waals surface area (Å²) in [7, 11) is 2.30. The van der Waals surface area contributed by atoms with Gasteiger partial charge in [-0.1, -0.05) is 30.3 Å². The van der Waals surface area contributed by atoms with Gasteiger partial charge in [-0.05, 0) is 67.0 Å². The van der Waals surface area contributed by atoms with Gasteiger partial charge in [-0.25, -0.2) is 0 Å². The van der Waals surface area contributed by atoms with Crippen molar-refractivity contribution in [3.63, 3.8) is 0 Å². The quantitative estimate of drug-likeness (QED) is 0.797. The maximum atomic E-state index is 2.66. The number of likely N-dealkylation sites (N-methyl/N-ethyl adjacent to an activating group) is 1. The highest BCUT2D eigenvalue weighted by molar-refractivity contribution is 5.20. The lowest BCUT2D eigenvalue weighted by atomic mass is 9.94. The number of hydrogen-bond donors (Lipinski definition) is 0. The van der Waals surface area contributed by atoms with Crippen molar-refractivity contribution in [1.82, 2.24) is 9.80 Å². The molecule has 0 amide bonds. The Labute approximate surface area is 137 Å². The Kier molecular flexibility index (Phi) is 5.03. The molecule has 1 fully saturated rings. The molecule has 2 nitrogen and oxygen atoms in total. The Hall–Kier alpha value is -0.860. The van der Waals surface area contributed by atoms with Gasteiger partial charge in [0.2, 0.25) is 0 Å². The van der Waals surface area contributed by atoms with Crippen LogP contribution in [0, 0.1) is 0 Å². The third-order valence-corrected chi connectivity index (χ3v) is 5.04. The smallest absolute Gasteiger partial charge is 0.0349 e. The van der Waals surface area contributed by atoms with Crippen LogP contribution >= 0.6 is 0 Å². The van der Waals surface area contributed by atoms with Crippen molar-refractivity contribution in [2.24, 2.45) is 0 Å². The average Bonchev–Trinajstić information content (AvgIpc) is 2.75. The van der Waals surface area contributed by atoms with Crippen LogP contribution in [0.4, 0.5) is 0 Å². The highest BCUT2D eigenvalue weighted by Gasteiger charge is 2.38. The van der Waals surface area contributed by atoms with Crippen LogP contribution in [0.25, 0.3) is 0 Å². The van der Waals surface area contributed by atoms with Gasteiger partial charge in [-0.3, -0.25) is 9.80 Å². The molecule has 1 aliphatic rings. The molecular formula is C20H34N2. The Bertz CT molecular complexity index is 453. The summed E-state index contributed by atoms with van der Waals surface area (Å²) < 4.78 is 0. The van der Waals surface area contributed by atoms with E-state index in [1.54, 1.807) is 0 Å². The first-order chi connectivity index (χ1) is 10.1. The summed E-state index contributed by atoms with van der Waals surface area (Å²) in [5.41, 5.74) is 1.86. The van der Waals surface area contributed by atoms with Gasteiger partial charge in [-0.2, -0.15) is 0 Å². The zero-order chi connectivity index (χ0) is 16.5. The topological polar surface area (TPSA) is 6.48 Å². The SMILES string of the molecule is CN1[C@H](CN(C(C)(C)C)C(C)(C)C)CC[C@@H]1c1ccccc1. The van der Waals surface area contributed by atoms with Gasteiger partial charge in [0.15, 0.2) is 0 Å². The third-order valence-electron chi connectivity index (χ3n) is 5.04. The van der Waals surface area contributed by atoms with E-state index in [0.29, 0.717) is 12.1 Å². The molecule has 1 aliphatic heterocycles. The molecule has 0 unspecified atom stereocenters. The van der Waals surface area contributed by atoms with Gasteiger partial charge in [0.1, 0.15) is 0 Å². The summed E-state index contributed by atoms with van der Waals surface area (Å²) in [6.07, 6.45) is 2.56. The fourth-order valence-electron chi connectivity index (χ4n) is 4.07. The Balaban J connectivity index is 2.11. The standard InChI is InChI=1S/C20H34N2/c1-19(2,3)22(20(4,5)6)15-17-13-14-18(21(17)7)16-11-9-8-10-12-16/h8-12,17-18H,13-15H2,1-7H3/t17-,18+/m0/s1. The molecule has 0 bridgehead atoms. The summed E-state index contributed by atoms with van der Waals surface area (Å²) in [5, 5.41) is 0. The van der Waals surface area contributed by atoms with Crippen LogP contribution in [-0.4, -0.2) is 40.5 Å². The van der Waals surface area contributed by atoms with E-state index in [2.05, 4.69) is 88.7 Å². The first-order valence-corrected chi connectivity index (χ1v) is 8.65. The highest BCUT2D eigenvalue weighted by atomic mass is 15.3. The van der Waals surface area contributed by atoms with Crippen LogP contribution in [0.5, 0.6) is 0 Å². The second kappa shape index (κ2) is 6.33. The predicted molar refractivity (Wildman–Crippen MR) is 96.2 cm³/mol. The van der Waals surface area contributed by atoms with E-state index in [4.69, 9.17) is 0 Å². The average molecular weight is 303 g/mol. The molecular weight excluding hydrogens is 268 g/mol. The molecule has 0 radical (unpaired) electrons. The van der Waals surface area contributed by atoms with Crippen LogP contribution in [0.3, 0.4) is 0 Å². The first-order valence-electron chi connectivity index (χ1n) is 8.65. The Morgan fingerprint density at radius 1 is 0.955 bits per heavy atom. The molecule has 1 heterocycles. The molecule has 0 N–H and O–H groups in total. The van der Waals surface area contributed by atoms with E-state index in [-0.39, 0.29) is 11.1 Å². The summed E-state index contributed by atoms with van der Waals surface area (Å²) in [5.74, 6) is 0. The van der Waals surface area contributed by atoms with Gasteiger partial charge in [0, 0.05) is 29.7 Å². The number of rotatable bonds is 3. The van der Waals surface area contributed by atoms with Crippen molar-refractivity contribution >= 4 is 0 Å². The van der Waals surface area contributed by atoms with Crippen molar-refractivity contribution in [1.29, 1.82) is 0 Å². The largest absolute Gasteiger partial charge is 0.295 e. The molecule has 22 heavy (non-hydrogen) atoms. The molecule has 0 spiro atoms. The summed E-state index contributed by atoms with van der Waals surface area (Å²) in [6, 6.07) is 12.2. The molecule has 2 atom stereocenters. The zero-order valence-corrected chi connectivity index (χ0v) is 15.6. The minimum Gasteiger partial charge on any atom is -0.295 e. The second-order valence-corrected chi connectivity index (χ2v) is 8.78. The van der Waals surface area contributed by atoms with Crippen LogP contribution in [0.1, 0.15) is 66.0 Å². The minimum absolute atomic E-state index is 0.198. The second-order valence-electron chi connectivity index (χ2n) is 8.78.